The molecule has 0 fully saturated rings. The fourth-order valence-electron chi connectivity index (χ4n) is 1.73. The predicted molar refractivity (Wildman–Crippen MR) is 57.5 cm³/mol. The molecule has 0 radical (unpaired) electrons. The summed E-state index contributed by atoms with van der Waals surface area (Å²) in [5.41, 5.74) is 3.26. The van der Waals surface area contributed by atoms with E-state index in [0.717, 1.165) is 0 Å². The summed E-state index contributed by atoms with van der Waals surface area (Å²) in [4.78, 5) is 0. The van der Waals surface area contributed by atoms with Crippen LogP contribution in [0, 0.1) is 35.0 Å². The van der Waals surface area contributed by atoms with Crippen molar-refractivity contribution in [1.29, 1.82) is 0 Å². The molecule has 0 saturated heterocycles. The van der Waals surface area contributed by atoms with E-state index in [9.17, 15) is 22.0 Å². The molecule has 0 bridgehead atoms. The lowest BCUT2D eigenvalue weighted by molar-refractivity contribution is 0.293. The second-order valence-corrected chi connectivity index (χ2v) is 4.72. The van der Waals surface area contributed by atoms with Gasteiger partial charge in [-0.05, 0) is 5.92 Å². The van der Waals surface area contributed by atoms with Crippen molar-refractivity contribution in [1.82, 2.24) is 0 Å². The average Bonchev–Trinajstić information content (AvgIpc) is 2.33. The van der Waals surface area contributed by atoms with Gasteiger partial charge in [-0.25, -0.2) is 22.0 Å². The molecule has 0 saturated carbocycles. The third kappa shape index (κ3) is 1.98. The lowest BCUT2D eigenvalue weighted by atomic mass is 9.73. The molecule has 2 N–H and O–H groups in total. The number of rotatable bonds is 3. The van der Waals surface area contributed by atoms with Crippen LogP contribution < -0.4 is 5.73 Å². The second kappa shape index (κ2) is 4.84. The van der Waals surface area contributed by atoms with Gasteiger partial charge in [0.1, 0.15) is 0 Å². The van der Waals surface area contributed by atoms with Crippen molar-refractivity contribution < 1.29 is 22.0 Å². The summed E-state index contributed by atoms with van der Waals surface area (Å²) in [5.74, 6) is -10.1. The maximum absolute atomic E-state index is 13.7. The Kier molecular flexibility index (Phi) is 4.00. The van der Waals surface area contributed by atoms with Crippen LogP contribution in [0.4, 0.5) is 22.0 Å². The van der Waals surface area contributed by atoms with Crippen LogP contribution in [0.15, 0.2) is 0 Å². The van der Waals surface area contributed by atoms with Gasteiger partial charge in [0.15, 0.2) is 23.3 Å². The van der Waals surface area contributed by atoms with Gasteiger partial charge in [0, 0.05) is 17.5 Å². The molecule has 102 valence electrons. The van der Waals surface area contributed by atoms with Crippen LogP contribution >= 0.6 is 0 Å². The van der Waals surface area contributed by atoms with Crippen molar-refractivity contribution in [2.45, 2.75) is 26.2 Å². The van der Waals surface area contributed by atoms with Gasteiger partial charge >= 0.3 is 0 Å². The maximum atomic E-state index is 13.7. The zero-order valence-electron chi connectivity index (χ0n) is 10.3. The Labute approximate surface area is 102 Å². The Hall–Kier alpha value is -1.17. The molecule has 6 heteroatoms. The second-order valence-electron chi connectivity index (χ2n) is 4.72. The monoisotopic (exact) mass is 267 g/mol. The van der Waals surface area contributed by atoms with Crippen LogP contribution in [-0.4, -0.2) is 6.54 Å². The molecule has 0 aliphatic heterocycles. The minimum Gasteiger partial charge on any atom is -0.330 e. The van der Waals surface area contributed by atoms with Crippen LogP contribution in [0.3, 0.4) is 0 Å². The Balaban J connectivity index is 3.70. The highest BCUT2D eigenvalue weighted by Gasteiger charge is 2.39. The lowest BCUT2D eigenvalue weighted by Gasteiger charge is -2.33. The quantitative estimate of drug-likeness (QED) is 0.508. The van der Waals surface area contributed by atoms with Crippen LogP contribution in [0.1, 0.15) is 26.3 Å². The fourth-order valence-corrected chi connectivity index (χ4v) is 1.73. The van der Waals surface area contributed by atoms with Gasteiger partial charge in [0.25, 0.3) is 0 Å². The Bertz CT molecular complexity index is 443. The van der Waals surface area contributed by atoms with Crippen LogP contribution in [-0.2, 0) is 5.41 Å². The number of hydrogen-bond acceptors (Lipinski definition) is 1. The maximum Gasteiger partial charge on any atom is 0.200 e. The van der Waals surface area contributed by atoms with Crippen molar-refractivity contribution in [3.8, 4) is 0 Å². The van der Waals surface area contributed by atoms with Crippen LogP contribution in [0.25, 0.3) is 0 Å². The highest BCUT2D eigenvalue weighted by atomic mass is 19.2. The highest BCUT2D eigenvalue weighted by molar-refractivity contribution is 5.32. The first-order valence-corrected chi connectivity index (χ1v) is 5.40. The zero-order chi connectivity index (χ0) is 14.2. The molecule has 0 heterocycles. The van der Waals surface area contributed by atoms with Crippen molar-refractivity contribution in [2.24, 2.45) is 11.7 Å². The van der Waals surface area contributed by atoms with E-state index in [2.05, 4.69) is 0 Å². The summed E-state index contributed by atoms with van der Waals surface area (Å²) in [5, 5.41) is 0. The van der Waals surface area contributed by atoms with Crippen molar-refractivity contribution in [3.63, 3.8) is 0 Å². The summed E-state index contributed by atoms with van der Waals surface area (Å²) in [6.07, 6.45) is 0. The molecule has 0 spiro atoms. The minimum absolute atomic E-state index is 0.233. The summed E-state index contributed by atoms with van der Waals surface area (Å²) in [7, 11) is 0. The SMILES string of the molecule is CC(C)C(C)(CN)c1c(F)c(F)c(F)c(F)c1F. The fraction of sp³-hybridized carbons (Fsp3) is 0.500. The first kappa shape index (κ1) is 14.9. The molecule has 0 aliphatic carbocycles. The minimum atomic E-state index is -2.16. The average molecular weight is 267 g/mol. The normalized spacial score (nSPS) is 15.0. The summed E-state index contributed by atoms with van der Waals surface area (Å²) in [6.45, 7) is 4.34. The van der Waals surface area contributed by atoms with E-state index in [1.54, 1.807) is 13.8 Å². The molecule has 1 aromatic carbocycles. The zero-order valence-corrected chi connectivity index (χ0v) is 10.3. The van der Waals surface area contributed by atoms with Gasteiger partial charge < -0.3 is 5.73 Å². The number of hydrogen-bond donors (Lipinski definition) is 1. The Morgan fingerprint density at radius 2 is 1.22 bits per heavy atom. The van der Waals surface area contributed by atoms with E-state index in [-0.39, 0.29) is 6.54 Å². The molecule has 1 rings (SSSR count). The Morgan fingerprint density at radius 1 is 0.889 bits per heavy atom. The van der Waals surface area contributed by atoms with E-state index in [1.165, 1.54) is 6.92 Å². The van der Waals surface area contributed by atoms with E-state index in [1.807, 2.05) is 0 Å². The highest BCUT2D eigenvalue weighted by Crippen LogP contribution is 2.37. The van der Waals surface area contributed by atoms with Gasteiger partial charge in [-0.1, -0.05) is 20.8 Å². The van der Waals surface area contributed by atoms with Gasteiger partial charge in [0.2, 0.25) is 5.82 Å². The molecule has 18 heavy (non-hydrogen) atoms. The molecular formula is C12H14F5N. The summed E-state index contributed by atoms with van der Waals surface area (Å²) in [6, 6.07) is 0. The van der Waals surface area contributed by atoms with Crippen LogP contribution in [0.2, 0.25) is 0 Å². The molecule has 1 atom stereocenters. The third-order valence-corrected chi connectivity index (χ3v) is 3.48. The number of nitrogens with two attached hydrogens (primary N) is 1. The third-order valence-electron chi connectivity index (χ3n) is 3.48. The summed E-state index contributed by atoms with van der Waals surface area (Å²) >= 11 is 0. The standard InChI is InChI=1S/C12H14F5N/c1-5(2)12(3,4-18)6-7(13)9(15)11(17)10(16)8(6)14/h5H,4,18H2,1-3H3. The lowest BCUT2D eigenvalue weighted by Crippen LogP contribution is -2.39. The predicted octanol–water partition coefficient (Wildman–Crippen LogP) is 3.25. The molecule has 0 amide bonds. The van der Waals surface area contributed by atoms with Crippen LogP contribution in [0.5, 0.6) is 0 Å². The molecule has 0 aliphatic rings. The first-order valence-electron chi connectivity index (χ1n) is 5.40. The van der Waals surface area contributed by atoms with Gasteiger partial charge in [-0.3, -0.25) is 0 Å². The molecular weight excluding hydrogens is 253 g/mol. The molecule has 1 unspecified atom stereocenters. The molecule has 0 aromatic heterocycles. The number of benzene rings is 1. The first-order chi connectivity index (χ1) is 8.18. The smallest absolute Gasteiger partial charge is 0.200 e. The largest absolute Gasteiger partial charge is 0.330 e. The van der Waals surface area contributed by atoms with Gasteiger partial charge in [-0.15, -0.1) is 0 Å². The van der Waals surface area contributed by atoms with E-state index >= 15 is 0 Å². The van der Waals surface area contributed by atoms with Gasteiger partial charge in [0.05, 0.1) is 0 Å². The van der Waals surface area contributed by atoms with E-state index < -0.39 is 46.0 Å². The molecule has 1 aromatic rings. The summed E-state index contributed by atoms with van der Waals surface area (Å²) < 4.78 is 66.5. The Morgan fingerprint density at radius 3 is 1.50 bits per heavy atom. The topological polar surface area (TPSA) is 26.0 Å². The number of halogens is 5. The van der Waals surface area contributed by atoms with E-state index in [4.69, 9.17) is 5.73 Å². The van der Waals surface area contributed by atoms with Gasteiger partial charge in [-0.2, -0.15) is 0 Å². The van der Waals surface area contributed by atoms with E-state index in [0.29, 0.717) is 0 Å². The van der Waals surface area contributed by atoms with Crippen molar-refractivity contribution in [2.75, 3.05) is 6.54 Å². The van der Waals surface area contributed by atoms with Crippen molar-refractivity contribution >= 4 is 0 Å². The van der Waals surface area contributed by atoms with Crippen molar-refractivity contribution in [3.05, 3.63) is 34.6 Å². The molecule has 1 nitrogen and oxygen atoms in total.